The Balaban J connectivity index is 1.48. The molecule has 1 aromatic rings. The van der Waals surface area contributed by atoms with Gasteiger partial charge in [0, 0.05) is 25.6 Å². The van der Waals surface area contributed by atoms with Crippen molar-refractivity contribution in [3.63, 3.8) is 0 Å². The number of aliphatic hydroxyl groups is 1. The molecule has 1 heterocycles. The van der Waals surface area contributed by atoms with E-state index in [0.29, 0.717) is 38.4 Å². The molecule has 0 bridgehead atoms. The Bertz CT molecular complexity index is 503. The molecule has 1 aliphatic heterocycles. The van der Waals surface area contributed by atoms with Gasteiger partial charge in [-0.2, -0.15) is 0 Å². The molecule has 23 heavy (non-hydrogen) atoms. The van der Waals surface area contributed by atoms with E-state index in [1.807, 2.05) is 23.1 Å². The summed E-state index contributed by atoms with van der Waals surface area (Å²) in [5, 5.41) is 14.0. The fraction of sp³-hybridized carbons (Fsp3) is 0.632. The number of nitrogens with one attached hydrogen (secondary N) is 1. The monoisotopic (exact) mass is 316 g/mol. The number of carbonyl (C=O) groups is 1. The molecule has 0 unspecified atom stereocenters. The number of rotatable bonds is 3. The van der Waals surface area contributed by atoms with E-state index < -0.39 is 5.60 Å². The number of carbonyl (C=O) groups excluding carboxylic acids is 1. The van der Waals surface area contributed by atoms with Crippen LogP contribution in [0.1, 0.15) is 50.5 Å². The Hall–Kier alpha value is -1.55. The molecule has 1 aromatic carbocycles. The van der Waals surface area contributed by atoms with Crippen LogP contribution in [0.25, 0.3) is 0 Å². The number of urea groups is 1. The molecule has 1 saturated heterocycles. The van der Waals surface area contributed by atoms with Gasteiger partial charge < -0.3 is 15.3 Å². The molecular formula is C19H28N2O2. The summed E-state index contributed by atoms with van der Waals surface area (Å²) in [5.74, 6) is 0. The quantitative estimate of drug-likeness (QED) is 0.900. The minimum Gasteiger partial charge on any atom is -0.389 e. The summed E-state index contributed by atoms with van der Waals surface area (Å²) in [4.78, 5) is 14.2. The van der Waals surface area contributed by atoms with Gasteiger partial charge in [-0.05, 0) is 31.2 Å². The third-order valence-electron chi connectivity index (χ3n) is 5.29. The van der Waals surface area contributed by atoms with Crippen molar-refractivity contribution < 1.29 is 9.90 Å². The first-order valence-electron chi connectivity index (χ1n) is 8.96. The highest BCUT2D eigenvalue weighted by atomic mass is 16.3. The third kappa shape index (κ3) is 4.47. The Morgan fingerprint density at radius 3 is 2.43 bits per heavy atom. The van der Waals surface area contributed by atoms with Crippen LogP contribution in [0.4, 0.5) is 4.79 Å². The molecular weight excluding hydrogens is 288 g/mol. The van der Waals surface area contributed by atoms with Crippen LogP contribution in [0.5, 0.6) is 0 Å². The zero-order valence-corrected chi connectivity index (χ0v) is 13.8. The first-order valence-corrected chi connectivity index (χ1v) is 8.96. The van der Waals surface area contributed by atoms with E-state index in [2.05, 4.69) is 17.4 Å². The fourth-order valence-electron chi connectivity index (χ4n) is 3.79. The smallest absolute Gasteiger partial charge is 0.317 e. The summed E-state index contributed by atoms with van der Waals surface area (Å²) in [6.07, 6.45) is 7.94. The van der Waals surface area contributed by atoms with Crippen LogP contribution < -0.4 is 5.32 Å². The van der Waals surface area contributed by atoms with E-state index in [-0.39, 0.29) is 6.03 Å². The first-order chi connectivity index (χ1) is 11.1. The van der Waals surface area contributed by atoms with E-state index >= 15 is 0 Å². The fourth-order valence-corrected chi connectivity index (χ4v) is 3.79. The third-order valence-corrected chi connectivity index (χ3v) is 5.29. The minimum atomic E-state index is -0.678. The topological polar surface area (TPSA) is 52.6 Å². The van der Waals surface area contributed by atoms with E-state index in [9.17, 15) is 9.90 Å². The second kappa shape index (κ2) is 7.35. The molecule has 0 atom stereocenters. The molecule has 2 fully saturated rings. The highest BCUT2D eigenvalue weighted by molar-refractivity contribution is 5.74. The highest BCUT2D eigenvalue weighted by Gasteiger charge is 2.34. The molecule has 0 radical (unpaired) electrons. The van der Waals surface area contributed by atoms with Crippen LogP contribution in [-0.2, 0) is 6.42 Å². The van der Waals surface area contributed by atoms with Crippen molar-refractivity contribution in [3.8, 4) is 0 Å². The van der Waals surface area contributed by atoms with E-state index in [1.54, 1.807) is 0 Å². The Morgan fingerprint density at radius 1 is 1.13 bits per heavy atom. The van der Waals surface area contributed by atoms with Gasteiger partial charge in [0.1, 0.15) is 0 Å². The van der Waals surface area contributed by atoms with Gasteiger partial charge in [-0.3, -0.25) is 0 Å². The number of amides is 2. The van der Waals surface area contributed by atoms with E-state index in [1.165, 1.54) is 19.3 Å². The molecule has 2 amide bonds. The molecule has 2 N–H and O–H groups in total. The number of benzene rings is 1. The first kappa shape index (κ1) is 16.3. The Kier molecular flexibility index (Phi) is 5.21. The van der Waals surface area contributed by atoms with Gasteiger partial charge in [0.15, 0.2) is 0 Å². The maximum absolute atomic E-state index is 12.4. The predicted molar refractivity (Wildman–Crippen MR) is 91.3 cm³/mol. The minimum absolute atomic E-state index is 0.0543. The van der Waals surface area contributed by atoms with Crippen LogP contribution in [-0.4, -0.2) is 40.8 Å². The molecule has 3 rings (SSSR count). The lowest BCUT2D eigenvalue weighted by atomic mass is 9.85. The standard InChI is InChI=1S/C19H28N2O2/c22-18(20-17-9-5-2-6-10-17)21-13-11-19(23,12-14-21)15-16-7-3-1-4-8-16/h1,3-4,7-8,17,23H,2,5-6,9-15H2,(H,20,22). The lowest BCUT2D eigenvalue weighted by Crippen LogP contribution is -2.52. The predicted octanol–water partition coefficient (Wildman–Crippen LogP) is 3.10. The van der Waals surface area contributed by atoms with Crippen molar-refractivity contribution in [2.24, 2.45) is 0 Å². The largest absolute Gasteiger partial charge is 0.389 e. The molecule has 1 aliphatic carbocycles. The second-order valence-electron chi connectivity index (χ2n) is 7.16. The van der Waals surface area contributed by atoms with Gasteiger partial charge in [0.2, 0.25) is 0 Å². The van der Waals surface area contributed by atoms with Gasteiger partial charge in [-0.1, -0.05) is 49.6 Å². The zero-order chi connectivity index (χ0) is 16.1. The van der Waals surface area contributed by atoms with Crippen LogP contribution in [0, 0.1) is 0 Å². The van der Waals surface area contributed by atoms with Gasteiger partial charge >= 0.3 is 6.03 Å². The van der Waals surface area contributed by atoms with Crippen molar-refractivity contribution in [2.75, 3.05) is 13.1 Å². The summed E-state index contributed by atoms with van der Waals surface area (Å²) >= 11 is 0. The van der Waals surface area contributed by atoms with Crippen molar-refractivity contribution in [3.05, 3.63) is 35.9 Å². The second-order valence-corrected chi connectivity index (χ2v) is 7.16. The maximum atomic E-state index is 12.4. The summed E-state index contributed by atoms with van der Waals surface area (Å²) in [6, 6.07) is 10.5. The van der Waals surface area contributed by atoms with Crippen LogP contribution in [0.15, 0.2) is 30.3 Å². The Morgan fingerprint density at radius 2 is 1.78 bits per heavy atom. The molecule has 1 saturated carbocycles. The number of likely N-dealkylation sites (tertiary alicyclic amines) is 1. The van der Waals surface area contributed by atoms with Gasteiger partial charge in [0.05, 0.1) is 5.60 Å². The van der Waals surface area contributed by atoms with Crippen LogP contribution in [0.3, 0.4) is 0 Å². The lowest BCUT2D eigenvalue weighted by molar-refractivity contribution is -0.0118. The molecule has 0 spiro atoms. The number of hydrogen-bond acceptors (Lipinski definition) is 2. The number of piperidine rings is 1. The van der Waals surface area contributed by atoms with Crippen molar-refractivity contribution in [1.82, 2.24) is 10.2 Å². The molecule has 0 aromatic heterocycles. The maximum Gasteiger partial charge on any atom is 0.317 e. The zero-order valence-electron chi connectivity index (χ0n) is 13.8. The van der Waals surface area contributed by atoms with E-state index in [4.69, 9.17) is 0 Å². The SMILES string of the molecule is O=C(NC1CCCCC1)N1CCC(O)(Cc2ccccc2)CC1. The molecule has 2 aliphatic rings. The molecule has 4 nitrogen and oxygen atoms in total. The number of nitrogens with zero attached hydrogens (tertiary/aromatic N) is 1. The Labute approximate surface area is 138 Å². The van der Waals surface area contributed by atoms with Crippen molar-refractivity contribution >= 4 is 6.03 Å². The number of hydrogen-bond donors (Lipinski definition) is 2. The summed E-state index contributed by atoms with van der Waals surface area (Å²) in [5.41, 5.74) is 0.485. The summed E-state index contributed by atoms with van der Waals surface area (Å²) in [7, 11) is 0. The van der Waals surface area contributed by atoms with E-state index in [0.717, 1.165) is 18.4 Å². The van der Waals surface area contributed by atoms with Crippen molar-refractivity contribution in [2.45, 2.75) is 63.0 Å². The van der Waals surface area contributed by atoms with Gasteiger partial charge in [0.25, 0.3) is 0 Å². The average Bonchev–Trinajstić information content (AvgIpc) is 2.57. The lowest BCUT2D eigenvalue weighted by Gasteiger charge is -2.39. The van der Waals surface area contributed by atoms with Crippen molar-refractivity contribution in [1.29, 1.82) is 0 Å². The normalized spacial score (nSPS) is 21.9. The summed E-state index contributed by atoms with van der Waals surface area (Å²) in [6.45, 7) is 1.28. The molecule has 126 valence electrons. The summed E-state index contributed by atoms with van der Waals surface area (Å²) < 4.78 is 0. The van der Waals surface area contributed by atoms with Crippen LogP contribution >= 0.6 is 0 Å². The van der Waals surface area contributed by atoms with Gasteiger partial charge in [-0.25, -0.2) is 4.79 Å². The highest BCUT2D eigenvalue weighted by Crippen LogP contribution is 2.26. The molecule has 4 heteroatoms. The average molecular weight is 316 g/mol. The van der Waals surface area contributed by atoms with Crippen LogP contribution in [0.2, 0.25) is 0 Å². The van der Waals surface area contributed by atoms with Gasteiger partial charge in [-0.15, -0.1) is 0 Å².